The Morgan fingerprint density at radius 1 is 1.33 bits per heavy atom. The van der Waals surface area contributed by atoms with Crippen LogP contribution >= 0.6 is 32.9 Å². The molecular weight excluding hydrogens is 208 g/mol. The van der Waals surface area contributed by atoms with Crippen molar-refractivity contribution in [3.8, 4) is 10.6 Å². The normalized spacial score (nSPS) is 10.0. The molecule has 0 aliphatic rings. The highest BCUT2D eigenvalue weighted by atomic mass is 32.9. The number of hydrogen-bond acceptors (Lipinski definition) is 5. The number of hydrogen-bond donors (Lipinski definition) is 0. The smallest absolute Gasteiger partial charge is 0.104 e. The highest BCUT2D eigenvalue weighted by molar-refractivity contribution is 7.80. The predicted molar refractivity (Wildman–Crippen MR) is 54.1 cm³/mol. The van der Waals surface area contributed by atoms with Crippen molar-refractivity contribution < 1.29 is 0 Å². The van der Waals surface area contributed by atoms with Gasteiger partial charge in [-0.1, -0.05) is 32.9 Å². The van der Waals surface area contributed by atoms with Crippen molar-refractivity contribution in [2.45, 2.75) is 0 Å². The van der Waals surface area contributed by atoms with Gasteiger partial charge in [0.1, 0.15) is 9.52 Å². The first kappa shape index (κ1) is 7.97. The summed E-state index contributed by atoms with van der Waals surface area (Å²) in [7, 11) is 3.23. The van der Waals surface area contributed by atoms with Crippen molar-refractivity contribution in [3.05, 3.63) is 28.2 Å². The van der Waals surface area contributed by atoms with Crippen LogP contribution in [0, 0.1) is 3.82 Å². The molecule has 0 aliphatic carbocycles. The Labute approximate surface area is 81.9 Å². The zero-order valence-electron chi connectivity index (χ0n) is 5.93. The summed E-state index contributed by atoms with van der Waals surface area (Å²) in [5.41, 5.74) is 0.898. The van der Waals surface area contributed by atoms with Crippen LogP contribution in [0.15, 0.2) is 24.4 Å². The molecule has 0 bridgehead atoms. The van der Waals surface area contributed by atoms with Gasteiger partial charge in [0.05, 0.1) is 4.88 Å². The van der Waals surface area contributed by atoms with Crippen LogP contribution in [0.25, 0.3) is 10.6 Å². The Hall–Kier alpha value is -0.650. The Balaban J connectivity index is 2.51. The first-order valence-corrected chi connectivity index (χ1v) is 5.80. The van der Waals surface area contributed by atoms with Crippen molar-refractivity contribution in [1.82, 2.24) is 10.2 Å². The van der Waals surface area contributed by atoms with Gasteiger partial charge in [-0.25, -0.2) is 0 Å². The van der Waals surface area contributed by atoms with E-state index in [-0.39, 0.29) is 0 Å². The molecule has 5 heteroatoms. The molecule has 0 amide bonds. The molecule has 60 valence electrons. The van der Waals surface area contributed by atoms with Crippen molar-refractivity contribution in [2.24, 2.45) is 0 Å². The molecule has 0 aromatic carbocycles. The molecular formula is C7H4N2S3. The van der Waals surface area contributed by atoms with Crippen LogP contribution in [0.3, 0.4) is 0 Å². The largest absolute Gasteiger partial charge is 0.159 e. The molecule has 2 aromatic heterocycles. The van der Waals surface area contributed by atoms with Gasteiger partial charge in [-0.2, -0.15) is 5.10 Å². The van der Waals surface area contributed by atoms with E-state index in [0.29, 0.717) is 0 Å². The van der Waals surface area contributed by atoms with Gasteiger partial charge in [-0.3, -0.25) is 0 Å². The quantitative estimate of drug-likeness (QED) is 0.537. The first-order chi connectivity index (χ1) is 5.86. The number of nitrogens with zero attached hydrogens (tertiary/aromatic N) is 2. The van der Waals surface area contributed by atoms with Gasteiger partial charge in [0.25, 0.3) is 0 Å². The van der Waals surface area contributed by atoms with Gasteiger partial charge in [0, 0.05) is 6.20 Å². The van der Waals surface area contributed by atoms with Crippen molar-refractivity contribution in [1.29, 1.82) is 0 Å². The molecule has 0 saturated carbocycles. The molecule has 2 nitrogen and oxygen atoms in total. The molecule has 2 rings (SSSR count). The molecule has 0 spiro atoms. The zero-order valence-corrected chi connectivity index (χ0v) is 8.38. The van der Waals surface area contributed by atoms with Crippen LogP contribution in [-0.4, -0.2) is 10.2 Å². The molecule has 0 N–H and O–H groups in total. The molecule has 0 atom stereocenters. The number of rotatable bonds is 1. The first-order valence-electron chi connectivity index (χ1n) is 3.24. The molecule has 0 fully saturated rings. The second-order valence-electron chi connectivity index (χ2n) is 2.10. The van der Waals surface area contributed by atoms with E-state index in [9.17, 15) is 0 Å². The molecule has 0 aliphatic heterocycles. The summed E-state index contributed by atoms with van der Waals surface area (Å²) in [6, 6.07) is 5.75. The maximum absolute atomic E-state index is 5.01. The van der Waals surface area contributed by atoms with E-state index >= 15 is 0 Å². The highest BCUT2D eigenvalue weighted by Crippen LogP contribution is 2.26. The summed E-state index contributed by atoms with van der Waals surface area (Å²) in [5, 5.41) is 7.78. The van der Waals surface area contributed by atoms with Crippen LogP contribution in [0.1, 0.15) is 0 Å². The predicted octanol–water partition coefficient (Wildman–Crippen LogP) is 3.00. The summed E-state index contributed by atoms with van der Waals surface area (Å²) >= 11 is 5.01. The Bertz CT molecular complexity index is 417. The summed E-state index contributed by atoms with van der Waals surface area (Å²) in [6.07, 6.45) is 1.66. The van der Waals surface area contributed by atoms with E-state index in [2.05, 4.69) is 10.2 Å². The van der Waals surface area contributed by atoms with Crippen LogP contribution in [0.4, 0.5) is 0 Å². The Morgan fingerprint density at radius 2 is 2.25 bits per heavy atom. The fourth-order valence-electron chi connectivity index (χ4n) is 0.791. The van der Waals surface area contributed by atoms with Gasteiger partial charge in [-0.15, -0.1) is 5.10 Å². The Kier molecular flexibility index (Phi) is 2.25. The minimum absolute atomic E-state index is 0.898. The van der Waals surface area contributed by atoms with Crippen LogP contribution in [0.5, 0.6) is 0 Å². The van der Waals surface area contributed by atoms with Gasteiger partial charge >= 0.3 is 0 Å². The molecule has 12 heavy (non-hydrogen) atoms. The fourth-order valence-corrected chi connectivity index (χ4v) is 3.12. The van der Waals surface area contributed by atoms with E-state index in [1.165, 1.54) is 0 Å². The van der Waals surface area contributed by atoms with Gasteiger partial charge < -0.3 is 0 Å². The molecule has 0 radical (unpaired) electrons. The maximum Gasteiger partial charge on any atom is 0.104 e. The molecule has 0 saturated heterocycles. The standard InChI is InChI=1S/C7H4N2S3/c10-7-4-6(11-12-7)5-2-1-3-8-9-5/h1-4H. The maximum atomic E-state index is 5.01. The lowest BCUT2D eigenvalue weighted by Crippen LogP contribution is -1.81. The van der Waals surface area contributed by atoms with E-state index in [1.807, 2.05) is 18.2 Å². The van der Waals surface area contributed by atoms with E-state index in [1.54, 1.807) is 26.9 Å². The van der Waals surface area contributed by atoms with Crippen molar-refractivity contribution in [2.75, 3.05) is 0 Å². The minimum Gasteiger partial charge on any atom is -0.159 e. The Morgan fingerprint density at radius 3 is 2.83 bits per heavy atom. The molecule has 2 heterocycles. The summed E-state index contributed by atoms with van der Waals surface area (Å²) in [5.74, 6) is 0. The van der Waals surface area contributed by atoms with E-state index in [4.69, 9.17) is 12.2 Å². The van der Waals surface area contributed by atoms with E-state index in [0.717, 1.165) is 14.4 Å². The zero-order chi connectivity index (χ0) is 8.39. The summed E-state index contributed by atoms with van der Waals surface area (Å²) < 4.78 is 0.903. The fraction of sp³-hybridized carbons (Fsp3) is 0. The van der Waals surface area contributed by atoms with Crippen LogP contribution in [-0.2, 0) is 0 Å². The van der Waals surface area contributed by atoms with Gasteiger partial charge in [0.15, 0.2) is 0 Å². The van der Waals surface area contributed by atoms with Crippen LogP contribution < -0.4 is 0 Å². The monoisotopic (exact) mass is 212 g/mol. The third-order valence-corrected chi connectivity index (χ3v) is 4.17. The van der Waals surface area contributed by atoms with Gasteiger partial charge in [0.2, 0.25) is 0 Å². The van der Waals surface area contributed by atoms with Crippen molar-refractivity contribution in [3.63, 3.8) is 0 Å². The average Bonchev–Trinajstić information content (AvgIpc) is 2.54. The number of aromatic nitrogens is 2. The minimum atomic E-state index is 0.898. The third-order valence-electron chi connectivity index (χ3n) is 1.29. The highest BCUT2D eigenvalue weighted by Gasteiger charge is 2.00. The second-order valence-corrected chi connectivity index (χ2v) is 5.01. The SMILES string of the molecule is S=c1cc(-c2cccnn2)ss1. The summed E-state index contributed by atoms with van der Waals surface area (Å²) in [6.45, 7) is 0. The summed E-state index contributed by atoms with van der Waals surface area (Å²) in [4.78, 5) is 1.10. The molecule has 2 aromatic rings. The third kappa shape index (κ3) is 1.57. The van der Waals surface area contributed by atoms with E-state index < -0.39 is 0 Å². The second kappa shape index (κ2) is 3.38. The lowest BCUT2D eigenvalue weighted by atomic mass is 10.3. The average molecular weight is 212 g/mol. The van der Waals surface area contributed by atoms with Crippen molar-refractivity contribution >= 4 is 32.9 Å². The van der Waals surface area contributed by atoms with Gasteiger partial charge in [-0.05, 0) is 18.2 Å². The van der Waals surface area contributed by atoms with Crippen LogP contribution in [0.2, 0.25) is 0 Å². The molecule has 0 unspecified atom stereocenters. The lowest BCUT2D eigenvalue weighted by Gasteiger charge is -1.89. The topological polar surface area (TPSA) is 25.8 Å². The lowest BCUT2D eigenvalue weighted by molar-refractivity contribution is 1.04.